The summed E-state index contributed by atoms with van der Waals surface area (Å²) < 4.78 is 8.82. The molecule has 214 valence electrons. The zero-order valence-electron chi connectivity index (χ0n) is 22.9. The fourth-order valence-corrected chi connectivity index (χ4v) is 6.82. The number of amidine groups is 1. The van der Waals surface area contributed by atoms with Crippen LogP contribution in [0.5, 0.6) is 0 Å². The highest BCUT2D eigenvalue weighted by molar-refractivity contribution is 9.10. The highest BCUT2D eigenvalue weighted by atomic mass is 79.9. The van der Waals surface area contributed by atoms with E-state index in [1.54, 1.807) is 12.4 Å². The Morgan fingerprint density at radius 2 is 1.95 bits per heavy atom. The van der Waals surface area contributed by atoms with Crippen molar-refractivity contribution in [2.45, 2.75) is 45.2 Å². The van der Waals surface area contributed by atoms with E-state index < -0.39 is 0 Å². The predicted octanol–water partition coefficient (Wildman–Crippen LogP) is 6.62. The molecule has 2 aliphatic rings. The topological polar surface area (TPSA) is 112 Å². The van der Waals surface area contributed by atoms with Crippen LogP contribution in [0.4, 0.5) is 5.95 Å². The molecule has 3 aromatic heterocycles. The van der Waals surface area contributed by atoms with Crippen LogP contribution in [0.25, 0.3) is 22.3 Å². The van der Waals surface area contributed by atoms with E-state index in [4.69, 9.17) is 31.7 Å². The van der Waals surface area contributed by atoms with Gasteiger partial charge < -0.3 is 14.2 Å². The average molecular weight is 639 g/mol. The lowest BCUT2D eigenvalue weighted by Gasteiger charge is -2.37. The second-order valence-corrected chi connectivity index (χ2v) is 12.3. The molecule has 3 N–H and O–H groups in total. The summed E-state index contributed by atoms with van der Waals surface area (Å²) in [7, 11) is 0. The molecule has 1 atom stereocenters. The van der Waals surface area contributed by atoms with Gasteiger partial charge in [0.05, 0.1) is 40.0 Å². The molecule has 1 saturated heterocycles. The van der Waals surface area contributed by atoms with Gasteiger partial charge in [0.2, 0.25) is 5.95 Å². The van der Waals surface area contributed by atoms with Crippen LogP contribution < -0.4 is 10.4 Å². The second-order valence-electron chi connectivity index (χ2n) is 11.0. The van der Waals surface area contributed by atoms with Crippen molar-refractivity contribution in [3.63, 3.8) is 0 Å². The van der Waals surface area contributed by atoms with Crippen LogP contribution in [0, 0.1) is 17.2 Å². The minimum atomic E-state index is -0.235. The molecule has 9 nitrogen and oxygen atoms in total. The SMILES string of the molecule is CC1CCC(Cn2c(N3CCOC[C@H]3c3ccccc3)nc3c(Br)c(C(=N)NO)nc(-c4cncc(Cl)c4)c32)CC1. The fourth-order valence-electron chi connectivity index (χ4n) is 6.08. The number of hydrogen-bond donors (Lipinski definition) is 3. The summed E-state index contributed by atoms with van der Waals surface area (Å²) in [6.07, 6.45) is 8.06. The second kappa shape index (κ2) is 12.1. The lowest BCUT2D eigenvalue weighted by molar-refractivity contribution is 0.0927. The maximum absolute atomic E-state index is 9.64. The van der Waals surface area contributed by atoms with E-state index in [0.717, 1.165) is 36.8 Å². The number of hydroxylamine groups is 1. The Labute approximate surface area is 252 Å². The van der Waals surface area contributed by atoms with Gasteiger partial charge in [-0.05, 0) is 52.2 Å². The minimum absolute atomic E-state index is 0.00760. The van der Waals surface area contributed by atoms with Crippen molar-refractivity contribution in [1.82, 2.24) is 25.0 Å². The standard InChI is InChI=1S/C30H33BrClN7O2/c1-18-7-9-19(10-8-18)16-39-28-25(21-13-22(32)15-34-14-21)35-27(29(33)37-40)24(31)26(28)36-30(39)38-11-12-41-17-23(38)20-5-3-2-4-6-20/h2-6,13-15,18-19,23,40H,7-12,16-17H2,1H3,(H2,33,37)/t18?,19?,23-/m0/s1. The summed E-state index contributed by atoms with van der Waals surface area (Å²) in [5, 5.41) is 18.5. The van der Waals surface area contributed by atoms with E-state index in [-0.39, 0.29) is 17.6 Å². The van der Waals surface area contributed by atoms with Gasteiger partial charge in [-0.1, -0.05) is 61.7 Å². The molecule has 1 aliphatic carbocycles. The Balaban J connectivity index is 1.60. The third-order valence-electron chi connectivity index (χ3n) is 8.28. The number of anilines is 1. The quantitative estimate of drug-likeness (QED) is 0.124. The lowest BCUT2D eigenvalue weighted by atomic mass is 9.83. The Hall–Kier alpha value is -3.05. The lowest BCUT2D eigenvalue weighted by Crippen LogP contribution is -2.41. The molecular weight excluding hydrogens is 606 g/mol. The first-order valence-corrected chi connectivity index (χ1v) is 15.2. The number of fused-ring (bicyclic) bond motifs is 1. The molecule has 41 heavy (non-hydrogen) atoms. The first kappa shape index (κ1) is 28.1. The summed E-state index contributed by atoms with van der Waals surface area (Å²) in [5.74, 6) is 1.85. The molecule has 0 unspecified atom stereocenters. The van der Waals surface area contributed by atoms with Crippen molar-refractivity contribution in [3.05, 3.63) is 69.5 Å². The first-order chi connectivity index (χ1) is 19.9. The molecule has 1 saturated carbocycles. The summed E-state index contributed by atoms with van der Waals surface area (Å²) >= 11 is 10.1. The van der Waals surface area contributed by atoms with E-state index in [9.17, 15) is 5.21 Å². The number of morpholine rings is 1. The van der Waals surface area contributed by atoms with Gasteiger partial charge in [-0.15, -0.1) is 0 Å². The van der Waals surface area contributed by atoms with Crippen molar-refractivity contribution in [2.24, 2.45) is 11.8 Å². The van der Waals surface area contributed by atoms with Crippen LogP contribution in [0.2, 0.25) is 5.02 Å². The molecule has 4 aromatic rings. The predicted molar refractivity (Wildman–Crippen MR) is 164 cm³/mol. The van der Waals surface area contributed by atoms with Crippen molar-refractivity contribution in [1.29, 1.82) is 5.41 Å². The van der Waals surface area contributed by atoms with Crippen LogP contribution in [0.1, 0.15) is 49.9 Å². The third kappa shape index (κ3) is 5.58. The normalized spacial score (nSPS) is 21.3. The van der Waals surface area contributed by atoms with Crippen molar-refractivity contribution < 1.29 is 9.94 Å². The zero-order chi connectivity index (χ0) is 28.5. The molecule has 0 bridgehead atoms. The molecule has 11 heteroatoms. The summed E-state index contributed by atoms with van der Waals surface area (Å²) in [5.41, 5.74) is 6.21. The third-order valence-corrected chi connectivity index (χ3v) is 9.24. The van der Waals surface area contributed by atoms with Crippen molar-refractivity contribution in [2.75, 3.05) is 24.7 Å². The number of rotatable bonds is 6. The fraction of sp³-hybridized carbons (Fsp3) is 0.400. The summed E-state index contributed by atoms with van der Waals surface area (Å²) in [6.45, 7) is 4.97. The van der Waals surface area contributed by atoms with Crippen LogP contribution in [0.15, 0.2) is 53.3 Å². The highest BCUT2D eigenvalue weighted by Gasteiger charge is 2.33. The Kier molecular flexibility index (Phi) is 8.26. The molecule has 0 radical (unpaired) electrons. The summed E-state index contributed by atoms with van der Waals surface area (Å²) in [6, 6.07) is 12.2. The molecule has 4 heterocycles. The van der Waals surface area contributed by atoms with Gasteiger partial charge in [-0.3, -0.25) is 21.1 Å². The van der Waals surface area contributed by atoms with Gasteiger partial charge in [0.15, 0.2) is 5.84 Å². The molecule has 1 aliphatic heterocycles. The highest BCUT2D eigenvalue weighted by Crippen LogP contribution is 2.41. The minimum Gasteiger partial charge on any atom is -0.377 e. The van der Waals surface area contributed by atoms with Crippen LogP contribution in [0.3, 0.4) is 0 Å². The van der Waals surface area contributed by atoms with Gasteiger partial charge >= 0.3 is 0 Å². The number of aromatic nitrogens is 4. The van der Waals surface area contributed by atoms with Crippen LogP contribution >= 0.6 is 27.5 Å². The first-order valence-electron chi connectivity index (χ1n) is 14.0. The van der Waals surface area contributed by atoms with Crippen molar-refractivity contribution >= 4 is 50.3 Å². The smallest absolute Gasteiger partial charge is 0.207 e. The Bertz CT molecular complexity index is 1560. The number of hydrogen-bond acceptors (Lipinski definition) is 7. The molecule has 1 aromatic carbocycles. The monoisotopic (exact) mass is 637 g/mol. The van der Waals surface area contributed by atoms with E-state index in [1.165, 1.54) is 18.4 Å². The number of nitrogens with zero attached hydrogens (tertiary/aromatic N) is 5. The van der Waals surface area contributed by atoms with Gasteiger partial charge in [0.1, 0.15) is 11.2 Å². The molecule has 6 rings (SSSR count). The number of pyridine rings is 2. The maximum Gasteiger partial charge on any atom is 0.207 e. The van der Waals surface area contributed by atoms with Gasteiger partial charge in [-0.2, -0.15) is 0 Å². The zero-order valence-corrected chi connectivity index (χ0v) is 25.2. The molecule has 2 fully saturated rings. The van der Waals surface area contributed by atoms with Crippen molar-refractivity contribution in [3.8, 4) is 11.3 Å². The largest absolute Gasteiger partial charge is 0.377 e. The Morgan fingerprint density at radius 1 is 1.17 bits per heavy atom. The maximum atomic E-state index is 9.64. The van der Waals surface area contributed by atoms with Crippen LogP contribution in [-0.2, 0) is 11.3 Å². The Morgan fingerprint density at radius 3 is 2.68 bits per heavy atom. The van der Waals surface area contributed by atoms with E-state index in [0.29, 0.717) is 51.9 Å². The number of ether oxygens (including phenoxy) is 1. The van der Waals surface area contributed by atoms with E-state index in [2.05, 4.69) is 61.6 Å². The van der Waals surface area contributed by atoms with Gasteiger partial charge in [-0.25, -0.2) is 9.97 Å². The molecule has 0 spiro atoms. The van der Waals surface area contributed by atoms with Crippen LogP contribution in [-0.4, -0.2) is 50.3 Å². The van der Waals surface area contributed by atoms with E-state index in [1.807, 2.05) is 17.6 Å². The number of imidazole rings is 1. The molecule has 0 amide bonds. The van der Waals surface area contributed by atoms with Gasteiger partial charge in [0.25, 0.3) is 0 Å². The van der Waals surface area contributed by atoms with Gasteiger partial charge in [0, 0.05) is 31.0 Å². The molecular formula is C30H33BrClN7O2. The summed E-state index contributed by atoms with van der Waals surface area (Å²) in [4.78, 5) is 16.8. The van der Waals surface area contributed by atoms with E-state index >= 15 is 0 Å². The number of benzene rings is 1. The average Bonchev–Trinajstić information content (AvgIpc) is 3.38. The number of nitrogens with one attached hydrogen (secondary N) is 2. The number of halogens is 2.